The molecule has 5 nitrogen and oxygen atoms in total. The van der Waals surface area contributed by atoms with Crippen LogP contribution in [-0.4, -0.2) is 16.9 Å². The van der Waals surface area contributed by atoms with Gasteiger partial charge in [0.15, 0.2) is 0 Å². The van der Waals surface area contributed by atoms with Gasteiger partial charge in [-0.15, -0.1) is 0 Å². The Kier molecular flexibility index (Phi) is 3.64. The van der Waals surface area contributed by atoms with E-state index < -0.39 is 0 Å². The number of ether oxygens (including phenoxy) is 1. The Morgan fingerprint density at radius 2 is 2.17 bits per heavy atom. The number of aromatic nitrogens is 2. The molecule has 5 heteroatoms. The highest BCUT2D eigenvalue weighted by Gasteiger charge is 2.19. The molecule has 1 unspecified atom stereocenters. The average Bonchev–Trinajstić information content (AvgIpc) is 2.78. The van der Waals surface area contributed by atoms with Crippen LogP contribution < -0.4 is 16.0 Å². The molecule has 1 aromatic carbocycles. The molecular formula is C13H18N4O. The monoisotopic (exact) mass is 246 g/mol. The first-order chi connectivity index (χ1) is 8.67. The molecule has 0 aliphatic carbocycles. The predicted octanol–water partition coefficient (Wildman–Crippen LogP) is 1.29. The van der Waals surface area contributed by atoms with Crippen molar-refractivity contribution >= 4 is 0 Å². The number of aryl methyl sites for hydroxylation is 2. The fourth-order valence-electron chi connectivity index (χ4n) is 2.06. The third-order valence-corrected chi connectivity index (χ3v) is 3.02. The molecule has 2 aromatic rings. The van der Waals surface area contributed by atoms with E-state index in [1.807, 2.05) is 38.2 Å². The number of rotatable bonds is 4. The van der Waals surface area contributed by atoms with E-state index in [1.54, 1.807) is 18.0 Å². The van der Waals surface area contributed by atoms with Crippen LogP contribution in [0.25, 0.3) is 0 Å². The van der Waals surface area contributed by atoms with Crippen LogP contribution in [-0.2, 0) is 7.05 Å². The summed E-state index contributed by atoms with van der Waals surface area (Å²) < 4.78 is 7.22. The fraction of sp³-hybridized carbons (Fsp3) is 0.308. The van der Waals surface area contributed by atoms with Crippen molar-refractivity contribution in [2.45, 2.75) is 13.0 Å². The highest BCUT2D eigenvalue weighted by molar-refractivity contribution is 5.42. The van der Waals surface area contributed by atoms with Crippen LogP contribution >= 0.6 is 0 Å². The number of methoxy groups -OCH3 is 1. The third-order valence-electron chi connectivity index (χ3n) is 3.02. The summed E-state index contributed by atoms with van der Waals surface area (Å²) in [5.41, 5.74) is 5.94. The summed E-state index contributed by atoms with van der Waals surface area (Å²) in [6.45, 7) is 2.03. The molecular weight excluding hydrogens is 228 g/mol. The van der Waals surface area contributed by atoms with E-state index in [2.05, 4.69) is 10.5 Å². The molecule has 3 N–H and O–H groups in total. The SMILES string of the molecule is COc1cc(C)ccc1C(NN)c1ccnn1C. The summed E-state index contributed by atoms with van der Waals surface area (Å²) in [6, 6.07) is 7.84. The molecule has 1 atom stereocenters. The molecule has 0 saturated heterocycles. The van der Waals surface area contributed by atoms with E-state index in [1.165, 1.54) is 0 Å². The van der Waals surface area contributed by atoms with Crippen LogP contribution in [0.5, 0.6) is 5.75 Å². The van der Waals surface area contributed by atoms with Crippen molar-refractivity contribution in [1.82, 2.24) is 15.2 Å². The van der Waals surface area contributed by atoms with Crippen LogP contribution in [0.2, 0.25) is 0 Å². The molecule has 0 fully saturated rings. The zero-order valence-electron chi connectivity index (χ0n) is 10.8. The van der Waals surface area contributed by atoms with Crippen LogP contribution in [0, 0.1) is 6.92 Å². The molecule has 0 radical (unpaired) electrons. The number of hydrogen-bond acceptors (Lipinski definition) is 4. The molecule has 0 spiro atoms. The first-order valence-corrected chi connectivity index (χ1v) is 5.76. The summed E-state index contributed by atoms with van der Waals surface area (Å²) in [7, 11) is 3.55. The van der Waals surface area contributed by atoms with Crippen LogP contribution in [0.4, 0.5) is 0 Å². The number of nitrogens with one attached hydrogen (secondary N) is 1. The van der Waals surface area contributed by atoms with Crippen molar-refractivity contribution in [2.24, 2.45) is 12.9 Å². The summed E-state index contributed by atoms with van der Waals surface area (Å²) in [5, 5.41) is 4.16. The molecule has 0 aliphatic heterocycles. The number of nitrogens with zero attached hydrogens (tertiary/aromatic N) is 2. The Labute approximate surface area is 107 Å². The normalized spacial score (nSPS) is 12.4. The van der Waals surface area contributed by atoms with Crippen molar-refractivity contribution < 1.29 is 4.74 Å². The summed E-state index contributed by atoms with van der Waals surface area (Å²) >= 11 is 0. The Bertz CT molecular complexity index is 536. The Balaban J connectivity index is 2.48. The van der Waals surface area contributed by atoms with Gasteiger partial charge in [-0.05, 0) is 24.6 Å². The van der Waals surface area contributed by atoms with Gasteiger partial charge < -0.3 is 4.74 Å². The standard InChI is InChI=1S/C13H18N4O/c1-9-4-5-10(12(8-9)18-3)13(16-14)11-6-7-15-17(11)2/h4-8,13,16H,14H2,1-3H3. The van der Waals surface area contributed by atoms with Gasteiger partial charge in [0.2, 0.25) is 0 Å². The second kappa shape index (κ2) is 5.20. The highest BCUT2D eigenvalue weighted by Crippen LogP contribution is 2.29. The van der Waals surface area contributed by atoms with Crippen molar-refractivity contribution in [1.29, 1.82) is 0 Å². The van der Waals surface area contributed by atoms with Gasteiger partial charge in [-0.25, -0.2) is 5.43 Å². The topological polar surface area (TPSA) is 65.1 Å². The quantitative estimate of drug-likeness (QED) is 0.630. The van der Waals surface area contributed by atoms with Crippen molar-refractivity contribution in [3.8, 4) is 5.75 Å². The lowest BCUT2D eigenvalue weighted by Crippen LogP contribution is -2.30. The smallest absolute Gasteiger partial charge is 0.124 e. The van der Waals surface area contributed by atoms with E-state index in [9.17, 15) is 0 Å². The molecule has 0 bridgehead atoms. The van der Waals surface area contributed by atoms with Crippen molar-refractivity contribution in [2.75, 3.05) is 7.11 Å². The van der Waals surface area contributed by atoms with Crippen LogP contribution in [0.3, 0.4) is 0 Å². The minimum Gasteiger partial charge on any atom is -0.496 e. The number of nitrogens with two attached hydrogens (primary N) is 1. The fourth-order valence-corrected chi connectivity index (χ4v) is 2.06. The van der Waals surface area contributed by atoms with E-state index in [0.29, 0.717) is 0 Å². The maximum atomic E-state index is 5.68. The summed E-state index contributed by atoms with van der Waals surface area (Å²) in [5.74, 6) is 6.50. The molecule has 1 aromatic heterocycles. The van der Waals surface area contributed by atoms with Crippen molar-refractivity contribution in [3.05, 3.63) is 47.3 Å². The van der Waals surface area contributed by atoms with Gasteiger partial charge in [-0.2, -0.15) is 5.10 Å². The van der Waals surface area contributed by atoms with Gasteiger partial charge in [0, 0.05) is 18.8 Å². The van der Waals surface area contributed by atoms with Gasteiger partial charge in [0.25, 0.3) is 0 Å². The third kappa shape index (κ3) is 2.23. The van der Waals surface area contributed by atoms with Gasteiger partial charge in [-0.3, -0.25) is 10.5 Å². The molecule has 0 saturated carbocycles. The van der Waals surface area contributed by atoms with Gasteiger partial charge in [-0.1, -0.05) is 12.1 Å². The minimum atomic E-state index is -0.145. The first kappa shape index (κ1) is 12.6. The maximum Gasteiger partial charge on any atom is 0.124 e. The summed E-state index contributed by atoms with van der Waals surface area (Å²) in [4.78, 5) is 0. The van der Waals surface area contributed by atoms with E-state index in [4.69, 9.17) is 10.6 Å². The number of hydrogen-bond donors (Lipinski definition) is 2. The lowest BCUT2D eigenvalue weighted by molar-refractivity contribution is 0.402. The largest absolute Gasteiger partial charge is 0.496 e. The van der Waals surface area contributed by atoms with Gasteiger partial charge >= 0.3 is 0 Å². The van der Waals surface area contributed by atoms with Crippen LogP contribution in [0.1, 0.15) is 22.9 Å². The average molecular weight is 246 g/mol. The van der Waals surface area contributed by atoms with E-state index in [-0.39, 0.29) is 6.04 Å². The van der Waals surface area contributed by atoms with Crippen molar-refractivity contribution in [3.63, 3.8) is 0 Å². The Morgan fingerprint density at radius 3 is 2.72 bits per heavy atom. The zero-order valence-corrected chi connectivity index (χ0v) is 10.8. The molecule has 96 valence electrons. The first-order valence-electron chi connectivity index (χ1n) is 5.76. The van der Waals surface area contributed by atoms with E-state index in [0.717, 1.165) is 22.6 Å². The van der Waals surface area contributed by atoms with Gasteiger partial charge in [0.1, 0.15) is 5.75 Å². The second-order valence-corrected chi connectivity index (χ2v) is 4.22. The molecule has 0 amide bonds. The molecule has 1 heterocycles. The minimum absolute atomic E-state index is 0.145. The second-order valence-electron chi connectivity index (χ2n) is 4.22. The Hall–Kier alpha value is -1.85. The Morgan fingerprint density at radius 1 is 1.39 bits per heavy atom. The molecule has 0 aliphatic rings. The lowest BCUT2D eigenvalue weighted by atomic mass is 10.0. The number of hydrazine groups is 1. The highest BCUT2D eigenvalue weighted by atomic mass is 16.5. The summed E-state index contributed by atoms with van der Waals surface area (Å²) in [6.07, 6.45) is 1.75. The predicted molar refractivity (Wildman–Crippen MR) is 70.1 cm³/mol. The van der Waals surface area contributed by atoms with E-state index >= 15 is 0 Å². The zero-order chi connectivity index (χ0) is 13.1. The maximum absolute atomic E-state index is 5.68. The van der Waals surface area contributed by atoms with Crippen LogP contribution in [0.15, 0.2) is 30.5 Å². The molecule has 2 rings (SSSR count). The lowest BCUT2D eigenvalue weighted by Gasteiger charge is -2.19. The number of benzene rings is 1. The molecule has 18 heavy (non-hydrogen) atoms. The van der Waals surface area contributed by atoms with Gasteiger partial charge in [0.05, 0.1) is 18.8 Å².